The summed E-state index contributed by atoms with van der Waals surface area (Å²) in [5.41, 5.74) is 18.4. The summed E-state index contributed by atoms with van der Waals surface area (Å²) in [6, 6.07) is 81.4. The van der Waals surface area contributed by atoms with Gasteiger partial charge in [0.05, 0.1) is 22.4 Å². The van der Waals surface area contributed by atoms with Crippen LogP contribution in [0.25, 0.3) is 116 Å². The Bertz CT molecular complexity index is 3900. The van der Waals surface area contributed by atoms with Crippen molar-refractivity contribution >= 4 is 43.4 Å². The summed E-state index contributed by atoms with van der Waals surface area (Å²) >= 11 is 0. The Hall–Kier alpha value is -8.40. The molecule has 2 aromatic heterocycles. The fourth-order valence-electron chi connectivity index (χ4n) is 10.8. The molecule has 1 aliphatic carbocycles. The molecule has 0 radical (unpaired) electrons. The summed E-state index contributed by atoms with van der Waals surface area (Å²) < 4.78 is 2.39. The number of para-hydroxylation sites is 2. The maximum atomic E-state index is 5.34. The fraction of sp³-hybridized carbons (Fsp3) is 0.0476. The lowest BCUT2D eigenvalue weighted by Gasteiger charge is -2.22. The monoisotopic (exact) mass is 841 g/mol. The first-order valence-electron chi connectivity index (χ1n) is 22.8. The maximum Gasteiger partial charge on any atom is 0.160 e. The molecular weight excluding hydrogens is 799 g/mol. The van der Waals surface area contributed by atoms with Crippen LogP contribution in [0.15, 0.2) is 224 Å². The van der Waals surface area contributed by atoms with Crippen molar-refractivity contribution in [3.8, 4) is 73.0 Å². The smallest absolute Gasteiger partial charge is 0.160 e. The van der Waals surface area contributed by atoms with Crippen molar-refractivity contribution in [1.82, 2.24) is 14.5 Å². The molecule has 0 aliphatic heterocycles. The van der Waals surface area contributed by atoms with E-state index in [0.717, 1.165) is 39.2 Å². The van der Waals surface area contributed by atoms with Gasteiger partial charge in [-0.15, -0.1) is 0 Å². The Morgan fingerprint density at radius 2 is 0.955 bits per heavy atom. The van der Waals surface area contributed by atoms with Crippen LogP contribution in [-0.4, -0.2) is 14.5 Å². The van der Waals surface area contributed by atoms with Crippen LogP contribution in [-0.2, 0) is 5.41 Å². The highest BCUT2D eigenvalue weighted by molar-refractivity contribution is 6.17. The Morgan fingerprint density at radius 3 is 1.77 bits per heavy atom. The van der Waals surface area contributed by atoms with Crippen molar-refractivity contribution in [2.75, 3.05) is 0 Å². The molecule has 0 unspecified atom stereocenters. The first-order valence-corrected chi connectivity index (χ1v) is 22.8. The Morgan fingerprint density at radius 1 is 0.364 bits per heavy atom. The van der Waals surface area contributed by atoms with Crippen LogP contribution in [0.2, 0.25) is 0 Å². The zero-order valence-electron chi connectivity index (χ0n) is 36.7. The van der Waals surface area contributed by atoms with Crippen LogP contribution in [0, 0.1) is 0 Å². The highest BCUT2D eigenvalue weighted by atomic mass is 15.0. The molecule has 66 heavy (non-hydrogen) atoms. The lowest BCUT2D eigenvalue weighted by molar-refractivity contribution is 0.661. The minimum Gasteiger partial charge on any atom is -0.309 e. The quantitative estimate of drug-likeness (QED) is 0.167. The predicted molar refractivity (Wildman–Crippen MR) is 276 cm³/mol. The van der Waals surface area contributed by atoms with E-state index in [1.807, 2.05) is 6.07 Å². The third kappa shape index (κ3) is 5.97. The molecule has 12 aromatic rings. The average Bonchev–Trinajstić information content (AvgIpc) is 3.83. The molecule has 0 atom stereocenters. The van der Waals surface area contributed by atoms with E-state index in [4.69, 9.17) is 9.97 Å². The van der Waals surface area contributed by atoms with Crippen molar-refractivity contribution in [2.24, 2.45) is 0 Å². The molecule has 3 heteroatoms. The molecule has 0 spiro atoms. The topological polar surface area (TPSA) is 30.7 Å². The molecule has 13 rings (SSSR count). The van der Waals surface area contributed by atoms with Gasteiger partial charge in [-0.05, 0) is 121 Å². The standard InChI is InChI=1S/C63H43N3/c1-63(2)54-28-15-27-51(60(54)53-37-41-19-9-10-20-42(41)38-55(53)63)57-39-56(64-62(65-57)40-17-5-3-6-18-40)46-34-32-43-35-45(33-31-44(43)36-46)48-23-11-12-24-49(48)50-26-16-30-59-61(50)52-25-13-14-29-58(52)66(59)47-21-7-4-8-22-47/h3-39H,1-2H3. The fourth-order valence-corrected chi connectivity index (χ4v) is 10.8. The molecule has 3 nitrogen and oxygen atoms in total. The van der Waals surface area contributed by atoms with Gasteiger partial charge in [-0.2, -0.15) is 0 Å². The number of benzene rings is 10. The highest BCUT2D eigenvalue weighted by Crippen LogP contribution is 2.53. The largest absolute Gasteiger partial charge is 0.309 e. The Balaban J connectivity index is 0.930. The lowest BCUT2D eigenvalue weighted by atomic mass is 9.81. The normalized spacial score (nSPS) is 12.8. The third-order valence-corrected chi connectivity index (χ3v) is 14.0. The van der Waals surface area contributed by atoms with E-state index < -0.39 is 0 Å². The summed E-state index contributed by atoms with van der Waals surface area (Å²) in [6.07, 6.45) is 0. The summed E-state index contributed by atoms with van der Waals surface area (Å²) in [5.74, 6) is 0.714. The van der Waals surface area contributed by atoms with Crippen LogP contribution in [0.3, 0.4) is 0 Å². The highest BCUT2D eigenvalue weighted by Gasteiger charge is 2.37. The van der Waals surface area contributed by atoms with E-state index in [1.165, 1.54) is 82.5 Å². The van der Waals surface area contributed by atoms with E-state index in [1.54, 1.807) is 0 Å². The van der Waals surface area contributed by atoms with E-state index in [2.05, 4.69) is 237 Å². The molecular formula is C63H43N3. The molecule has 0 N–H and O–H groups in total. The van der Waals surface area contributed by atoms with E-state index >= 15 is 0 Å². The molecule has 2 heterocycles. The SMILES string of the molecule is CC1(C)c2cc3ccccc3cc2-c2c(-c3cc(-c4ccc5cc(-c6ccccc6-c6cccc7c6c6ccccc6n7-c6ccccc6)ccc5c4)nc(-c4ccccc4)n3)cccc21. The van der Waals surface area contributed by atoms with Crippen molar-refractivity contribution < 1.29 is 0 Å². The maximum absolute atomic E-state index is 5.34. The number of rotatable bonds is 6. The van der Waals surface area contributed by atoms with Crippen LogP contribution < -0.4 is 0 Å². The summed E-state index contributed by atoms with van der Waals surface area (Å²) in [5, 5.41) is 7.35. The van der Waals surface area contributed by atoms with E-state index in [0.29, 0.717) is 5.82 Å². The molecule has 0 saturated carbocycles. The van der Waals surface area contributed by atoms with Crippen molar-refractivity contribution in [3.05, 3.63) is 236 Å². The van der Waals surface area contributed by atoms with Gasteiger partial charge in [0, 0.05) is 38.6 Å². The van der Waals surface area contributed by atoms with E-state index in [-0.39, 0.29) is 5.41 Å². The predicted octanol–water partition coefficient (Wildman–Crippen LogP) is 16.5. The van der Waals surface area contributed by atoms with Crippen molar-refractivity contribution in [3.63, 3.8) is 0 Å². The van der Waals surface area contributed by atoms with Gasteiger partial charge in [-0.25, -0.2) is 9.97 Å². The second-order valence-corrected chi connectivity index (χ2v) is 18.1. The van der Waals surface area contributed by atoms with Gasteiger partial charge in [0.15, 0.2) is 5.82 Å². The van der Waals surface area contributed by atoms with Gasteiger partial charge in [0.1, 0.15) is 0 Å². The molecule has 10 aromatic carbocycles. The zero-order valence-corrected chi connectivity index (χ0v) is 36.7. The second kappa shape index (κ2) is 14.8. The second-order valence-electron chi connectivity index (χ2n) is 18.1. The molecule has 0 amide bonds. The van der Waals surface area contributed by atoms with Crippen molar-refractivity contribution in [1.29, 1.82) is 0 Å². The van der Waals surface area contributed by atoms with Gasteiger partial charge in [0.25, 0.3) is 0 Å². The summed E-state index contributed by atoms with van der Waals surface area (Å²) in [4.78, 5) is 10.6. The first-order chi connectivity index (χ1) is 32.5. The van der Waals surface area contributed by atoms with E-state index in [9.17, 15) is 0 Å². The van der Waals surface area contributed by atoms with Crippen LogP contribution in [0.1, 0.15) is 25.0 Å². The molecule has 0 saturated heterocycles. The zero-order chi connectivity index (χ0) is 43.9. The summed E-state index contributed by atoms with van der Waals surface area (Å²) in [6.45, 7) is 4.70. The molecule has 0 bridgehead atoms. The van der Waals surface area contributed by atoms with Crippen LogP contribution in [0.4, 0.5) is 0 Å². The van der Waals surface area contributed by atoms with Gasteiger partial charge < -0.3 is 4.57 Å². The van der Waals surface area contributed by atoms with Gasteiger partial charge in [0.2, 0.25) is 0 Å². The Labute approximate surface area is 384 Å². The number of fused-ring (bicyclic) bond motifs is 8. The molecule has 0 fully saturated rings. The minimum atomic E-state index is -0.156. The van der Waals surface area contributed by atoms with Gasteiger partial charge in [-0.3, -0.25) is 0 Å². The number of nitrogens with zero attached hydrogens (tertiary/aromatic N) is 3. The van der Waals surface area contributed by atoms with Crippen LogP contribution >= 0.6 is 0 Å². The van der Waals surface area contributed by atoms with Gasteiger partial charge >= 0.3 is 0 Å². The minimum absolute atomic E-state index is 0.156. The third-order valence-electron chi connectivity index (χ3n) is 14.0. The first kappa shape index (κ1) is 38.1. The number of aromatic nitrogens is 3. The number of hydrogen-bond acceptors (Lipinski definition) is 2. The van der Waals surface area contributed by atoms with Gasteiger partial charge in [-0.1, -0.05) is 184 Å². The number of hydrogen-bond donors (Lipinski definition) is 0. The summed E-state index contributed by atoms with van der Waals surface area (Å²) in [7, 11) is 0. The van der Waals surface area contributed by atoms with Crippen LogP contribution in [0.5, 0.6) is 0 Å². The lowest BCUT2D eigenvalue weighted by Crippen LogP contribution is -2.14. The molecule has 310 valence electrons. The Kier molecular flexibility index (Phi) is 8.56. The van der Waals surface area contributed by atoms with Crippen molar-refractivity contribution in [2.45, 2.75) is 19.3 Å². The average molecular weight is 842 g/mol. The molecule has 1 aliphatic rings.